The number of hydrogen-bond donors (Lipinski definition) is 6. The fourth-order valence-electron chi connectivity index (χ4n) is 3.68. The molecule has 0 unspecified atom stereocenters. The first-order valence-electron chi connectivity index (χ1n) is 11.2. The van der Waals surface area contributed by atoms with Crippen molar-refractivity contribution < 1.29 is 57.2 Å². The largest absolute Gasteiger partial charge is 0.505 e. The fourth-order valence-corrected chi connectivity index (χ4v) is 7.04. The van der Waals surface area contributed by atoms with Gasteiger partial charge in [-0.2, -0.15) is 25.3 Å². The first kappa shape index (κ1) is 34.1. The molecule has 0 aliphatic rings. The molecular weight excluding hydrogens is 680 g/mol. The van der Waals surface area contributed by atoms with Crippen LogP contribution in [0.25, 0.3) is 10.8 Å². The van der Waals surface area contributed by atoms with E-state index < -0.39 is 89.4 Å². The molecule has 0 aromatic heterocycles. The summed E-state index contributed by atoms with van der Waals surface area (Å²) < 4.78 is 124. The van der Waals surface area contributed by atoms with Gasteiger partial charge in [-0.3, -0.25) is 18.5 Å². The summed E-state index contributed by atoms with van der Waals surface area (Å²) in [6.45, 7) is 0. The lowest BCUT2D eigenvalue weighted by molar-refractivity contribution is -0.113. The van der Waals surface area contributed by atoms with Crippen LogP contribution in [0.15, 0.2) is 61.3 Å². The maximum Gasteiger partial charge on any atom is 0.296 e. The molecular formula is C21H21ClN4O13S4. The number of hydrogen-bond acceptors (Lipinski definition) is 13. The van der Waals surface area contributed by atoms with Gasteiger partial charge in [-0.25, -0.2) is 8.42 Å². The Bertz CT molecular complexity index is 2100. The number of phenols is 1. The molecule has 0 atom stereocenters. The number of rotatable bonds is 11. The second-order valence-corrected chi connectivity index (χ2v) is 15.3. The van der Waals surface area contributed by atoms with Crippen LogP contribution in [0.5, 0.6) is 5.75 Å². The average molecular weight is 701 g/mol. The van der Waals surface area contributed by atoms with Crippen LogP contribution >= 0.6 is 11.6 Å². The molecule has 0 fully saturated rings. The lowest BCUT2D eigenvalue weighted by Gasteiger charge is -2.14. The zero-order valence-electron chi connectivity index (χ0n) is 21.5. The number of anilines is 2. The van der Waals surface area contributed by atoms with E-state index in [1.54, 1.807) is 0 Å². The number of benzene rings is 3. The molecule has 0 bridgehead atoms. The molecule has 0 aliphatic heterocycles. The smallest absolute Gasteiger partial charge is 0.296 e. The maximum absolute atomic E-state index is 12.2. The van der Waals surface area contributed by atoms with Gasteiger partial charge in [0.05, 0.1) is 10.6 Å². The van der Waals surface area contributed by atoms with Gasteiger partial charge in [0.2, 0.25) is 5.91 Å². The molecule has 0 saturated heterocycles. The summed E-state index contributed by atoms with van der Waals surface area (Å²) in [7, 11) is -17.7. The first-order chi connectivity index (χ1) is 19.7. The molecule has 0 saturated carbocycles. The van der Waals surface area contributed by atoms with Crippen LogP contribution < -0.4 is 10.6 Å². The molecule has 234 valence electrons. The van der Waals surface area contributed by atoms with E-state index in [-0.39, 0.29) is 28.0 Å². The van der Waals surface area contributed by atoms with Crippen molar-refractivity contribution in [1.82, 2.24) is 0 Å². The summed E-state index contributed by atoms with van der Waals surface area (Å²) in [5.41, 5.74) is -2.09. The van der Waals surface area contributed by atoms with Crippen LogP contribution in [-0.2, 0) is 45.0 Å². The number of amides is 1. The highest BCUT2D eigenvalue weighted by molar-refractivity contribution is 7.92. The molecule has 3 aromatic rings. The number of alkyl halides is 1. The van der Waals surface area contributed by atoms with Crippen molar-refractivity contribution in [3.8, 4) is 5.75 Å². The van der Waals surface area contributed by atoms with Crippen LogP contribution in [0.3, 0.4) is 0 Å². The Morgan fingerprint density at radius 1 is 0.860 bits per heavy atom. The van der Waals surface area contributed by atoms with Crippen LogP contribution in [0.2, 0.25) is 0 Å². The van der Waals surface area contributed by atoms with Gasteiger partial charge >= 0.3 is 0 Å². The summed E-state index contributed by atoms with van der Waals surface area (Å²) in [6, 6.07) is 4.92. The lowest BCUT2D eigenvalue weighted by atomic mass is 10.1. The third-order valence-electron chi connectivity index (χ3n) is 5.49. The zero-order chi connectivity index (χ0) is 32.5. The van der Waals surface area contributed by atoms with Gasteiger partial charge in [-0.15, -0.1) is 21.8 Å². The standard InChI is InChI=1S/C21H21ClN4O13S4/c1-23-15-9-13(41(31,32)33)6-11-7-17(43(37,38)39)20(21(28)19(11)15)26-25-14-8-12(2-3-16(14)42(34,35)36)24-18(27)10-40(29,30)5-4-22/h2-3,6-9,23,28H,4-5,10H2,1H3,(H,24,27)(H,31,32,33)(H,34,35,36)(H,37,38,39). The molecule has 0 aliphatic carbocycles. The van der Waals surface area contributed by atoms with Gasteiger partial charge in [-0.05, 0) is 41.8 Å². The van der Waals surface area contributed by atoms with E-state index >= 15 is 0 Å². The normalized spacial score (nSPS) is 13.0. The van der Waals surface area contributed by atoms with Gasteiger partial charge in [0.15, 0.2) is 15.6 Å². The predicted octanol–water partition coefficient (Wildman–Crippen LogP) is 2.33. The topological polar surface area (TPSA) is 283 Å². The summed E-state index contributed by atoms with van der Waals surface area (Å²) in [6.07, 6.45) is 0. The molecule has 0 spiro atoms. The second-order valence-electron chi connectivity index (χ2n) is 8.53. The Morgan fingerprint density at radius 2 is 1.49 bits per heavy atom. The van der Waals surface area contributed by atoms with Gasteiger partial charge in [-0.1, -0.05) is 0 Å². The molecule has 0 radical (unpaired) electrons. The van der Waals surface area contributed by atoms with Crippen molar-refractivity contribution >= 4 is 91.2 Å². The average Bonchev–Trinajstić information content (AvgIpc) is 2.85. The van der Waals surface area contributed by atoms with Crippen molar-refractivity contribution in [3.63, 3.8) is 0 Å². The Kier molecular flexibility index (Phi) is 9.72. The third kappa shape index (κ3) is 8.14. The summed E-state index contributed by atoms with van der Waals surface area (Å²) in [5, 5.41) is 22.2. The number of fused-ring (bicyclic) bond motifs is 1. The van der Waals surface area contributed by atoms with Gasteiger partial charge in [0.1, 0.15) is 26.9 Å². The summed E-state index contributed by atoms with van der Waals surface area (Å²) in [5.74, 6) is -3.79. The van der Waals surface area contributed by atoms with Crippen LogP contribution in [0.1, 0.15) is 0 Å². The van der Waals surface area contributed by atoms with Crippen molar-refractivity contribution in [3.05, 3.63) is 36.4 Å². The van der Waals surface area contributed by atoms with E-state index in [4.69, 9.17) is 11.6 Å². The molecule has 3 rings (SSSR count). The predicted molar refractivity (Wildman–Crippen MR) is 153 cm³/mol. The van der Waals surface area contributed by atoms with Gasteiger partial charge in [0, 0.05) is 29.7 Å². The molecule has 43 heavy (non-hydrogen) atoms. The molecule has 0 heterocycles. The SMILES string of the molecule is CNc1cc(S(=O)(=O)O)cc2cc(S(=O)(=O)O)c(N=Nc3cc(NC(=O)CS(=O)(=O)CCCl)ccc3S(=O)(=O)O)c(O)c12. The maximum atomic E-state index is 12.2. The minimum absolute atomic E-state index is 0.159. The molecule has 1 amide bonds. The number of azo groups is 1. The van der Waals surface area contributed by atoms with Gasteiger partial charge < -0.3 is 15.7 Å². The third-order valence-corrected chi connectivity index (χ3v) is 10.0. The molecule has 17 nitrogen and oxygen atoms in total. The van der Waals surface area contributed by atoms with E-state index in [1.807, 2.05) is 0 Å². The number of carbonyl (C=O) groups excluding carboxylic acids is 1. The number of nitrogens with zero attached hydrogens (tertiary/aromatic N) is 2. The lowest BCUT2D eigenvalue weighted by Crippen LogP contribution is -2.25. The van der Waals surface area contributed by atoms with Crippen LogP contribution in [-0.4, -0.2) is 82.8 Å². The van der Waals surface area contributed by atoms with Crippen molar-refractivity contribution in [1.29, 1.82) is 0 Å². The fraction of sp³-hybridized carbons (Fsp3) is 0.190. The van der Waals surface area contributed by atoms with E-state index in [2.05, 4.69) is 20.9 Å². The second kappa shape index (κ2) is 12.3. The minimum atomic E-state index is -5.24. The quantitative estimate of drug-likeness (QED) is 0.0951. The summed E-state index contributed by atoms with van der Waals surface area (Å²) >= 11 is 5.40. The molecule has 6 N–H and O–H groups in total. The Morgan fingerprint density at radius 3 is 2.02 bits per heavy atom. The van der Waals surface area contributed by atoms with E-state index in [1.165, 1.54) is 7.05 Å². The highest BCUT2D eigenvalue weighted by atomic mass is 35.5. The summed E-state index contributed by atoms with van der Waals surface area (Å²) in [4.78, 5) is 9.46. The first-order valence-corrected chi connectivity index (χ1v) is 17.9. The van der Waals surface area contributed by atoms with Crippen molar-refractivity contribution in [2.24, 2.45) is 10.2 Å². The molecule has 3 aromatic carbocycles. The number of nitrogens with one attached hydrogen (secondary N) is 2. The Labute approximate surface area is 249 Å². The van der Waals surface area contributed by atoms with E-state index in [9.17, 15) is 57.2 Å². The number of aromatic hydroxyl groups is 1. The number of halogens is 1. The van der Waals surface area contributed by atoms with Crippen molar-refractivity contribution in [2.75, 3.05) is 35.1 Å². The van der Waals surface area contributed by atoms with Crippen LogP contribution in [0.4, 0.5) is 22.7 Å². The monoisotopic (exact) mass is 700 g/mol. The van der Waals surface area contributed by atoms with Crippen LogP contribution in [0, 0.1) is 0 Å². The number of carbonyl (C=O) groups is 1. The zero-order valence-corrected chi connectivity index (χ0v) is 25.5. The van der Waals surface area contributed by atoms with E-state index in [0.717, 1.165) is 30.3 Å². The highest BCUT2D eigenvalue weighted by Crippen LogP contribution is 2.45. The minimum Gasteiger partial charge on any atom is -0.505 e. The van der Waals surface area contributed by atoms with Crippen molar-refractivity contribution in [2.45, 2.75) is 14.7 Å². The number of sulfone groups is 1. The Hall–Kier alpha value is -3.44. The highest BCUT2D eigenvalue weighted by Gasteiger charge is 2.26. The number of phenolic OH excluding ortho intramolecular Hbond substituents is 1. The molecule has 22 heteroatoms. The van der Waals surface area contributed by atoms with E-state index in [0.29, 0.717) is 6.07 Å². The van der Waals surface area contributed by atoms with Gasteiger partial charge in [0.25, 0.3) is 30.4 Å². The Balaban J connectivity index is 2.24.